The molecule has 0 atom stereocenters. The highest BCUT2D eigenvalue weighted by molar-refractivity contribution is 6.46. The van der Waals surface area contributed by atoms with Gasteiger partial charge in [-0.3, -0.25) is 9.59 Å². The van der Waals surface area contributed by atoms with E-state index in [4.69, 9.17) is 11.6 Å². The molecule has 0 saturated carbocycles. The van der Waals surface area contributed by atoms with Gasteiger partial charge in [-0.2, -0.15) is 0 Å². The number of aryl methyl sites for hydroxylation is 1. The smallest absolute Gasteiger partial charge is 0.282 e. The van der Waals surface area contributed by atoms with Crippen molar-refractivity contribution in [3.63, 3.8) is 0 Å². The van der Waals surface area contributed by atoms with Gasteiger partial charge in [0.15, 0.2) is 0 Å². The van der Waals surface area contributed by atoms with E-state index in [1.165, 1.54) is 48.5 Å². The van der Waals surface area contributed by atoms with E-state index >= 15 is 0 Å². The van der Waals surface area contributed by atoms with Crippen LogP contribution in [0.4, 0.5) is 20.2 Å². The van der Waals surface area contributed by atoms with Crippen molar-refractivity contribution >= 4 is 40.4 Å². The zero-order valence-electron chi connectivity index (χ0n) is 15.7. The molecule has 0 aliphatic carbocycles. The number of carbonyl (C=O) groups is 2. The zero-order chi connectivity index (χ0) is 21.4. The average molecular weight is 425 g/mol. The highest BCUT2D eigenvalue weighted by Gasteiger charge is 2.41. The molecular weight excluding hydrogens is 410 g/mol. The minimum absolute atomic E-state index is 0.0309. The molecule has 4 rings (SSSR count). The Hall–Kier alpha value is -3.51. The van der Waals surface area contributed by atoms with Gasteiger partial charge >= 0.3 is 0 Å². The molecule has 150 valence electrons. The molecule has 0 aromatic heterocycles. The van der Waals surface area contributed by atoms with Gasteiger partial charge in [-0.25, -0.2) is 13.7 Å². The topological polar surface area (TPSA) is 49.4 Å². The second-order valence-electron chi connectivity index (χ2n) is 6.77. The Morgan fingerprint density at radius 2 is 1.60 bits per heavy atom. The van der Waals surface area contributed by atoms with Crippen molar-refractivity contribution in [3.8, 4) is 0 Å². The predicted octanol–water partition coefficient (Wildman–Crippen LogP) is 5.32. The Kier molecular flexibility index (Phi) is 5.10. The van der Waals surface area contributed by atoms with Gasteiger partial charge in [0.1, 0.15) is 17.3 Å². The van der Waals surface area contributed by atoms with E-state index in [1.807, 2.05) is 0 Å². The maximum absolute atomic E-state index is 13.6. The Morgan fingerprint density at radius 3 is 2.30 bits per heavy atom. The molecular formula is C23H15ClF2N2O2. The third kappa shape index (κ3) is 3.57. The Morgan fingerprint density at radius 1 is 0.867 bits per heavy atom. The lowest BCUT2D eigenvalue weighted by Crippen LogP contribution is -2.33. The van der Waals surface area contributed by atoms with Crippen LogP contribution >= 0.6 is 11.6 Å². The van der Waals surface area contributed by atoms with E-state index in [-0.39, 0.29) is 11.3 Å². The summed E-state index contributed by atoms with van der Waals surface area (Å²) in [5.41, 5.74) is 1.70. The molecule has 4 nitrogen and oxygen atoms in total. The molecule has 0 saturated heterocycles. The van der Waals surface area contributed by atoms with Gasteiger partial charge in [-0.15, -0.1) is 0 Å². The van der Waals surface area contributed by atoms with Crippen molar-refractivity contribution in [2.24, 2.45) is 0 Å². The van der Waals surface area contributed by atoms with Crippen molar-refractivity contribution < 1.29 is 18.4 Å². The van der Waals surface area contributed by atoms with Crippen LogP contribution in [-0.4, -0.2) is 11.8 Å². The first kappa shape index (κ1) is 19.8. The normalized spacial score (nSPS) is 13.9. The summed E-state index contributed by atoms with van der Waals surface area (Å²) in [6.07, 6.45) is 0. The molecule has 3 aromatic carbocycles. The highest BCUT2D eigenvalue weighted by atomic mass is 35.5. The number of carbonyl (C=O) groups excluding carboxylic acids is 2. The summed E-state index contributed by atoms with van der Waals surface area (Å²) in [5, 5.41) is 3.23. The first-order valence-corrected chi connectivity index (χ1v) is 9.40. The quantitative estimate of drug-likeness (QED) is 0.576. The molecule has 0 spiro atoms. The first-order chi connectivity index (χ1) is 14.3. The fraction of sp³-hybridized carbons (Fsp3) is 0.0435. The fourth-order valence-corrected chi connectivity index (χ4v) is 3.45. The maximum atomic E-state index is 13.6. The number of halogens is 3. The second-order valence-corrected chi connectivity index (χ2v) is 7.21. The molecule has 1 aliphatic heterocycles. The van der Waals surface area contributed by atoms with Gasteiger partial charge < -0.3 is 5.32 Å². The van der Waals surface area contributed by atoms with E-state index < -0.39 is 23.4 Å². The number of imide groups is 1. The van der Waals surface area contributed by atoms with E-state index in [0.717, 1.165) is 4.90 Å². The monoisotopic (exact) mass is 424 g/mol. The molecule has 0 unspecified atom stereocenters. The van der Waals surface area contributed by atoms with Crippen molar-refractivity contribution in [2.45, 2.75) is 6.92 Å². The lowest BCUT2D eigenvalue weighted by molar-refractivity contribution is -0.120. The van der Waals surface area contributed by atoms with Crippen molar-refractivity contribution in [3.05, 3.63) is 100 Å². The second kappa shape index (κ2) is 7.72. The van der Waals surface area contributed by atoms with Crippen LogP contribution in [-0.2, 0) is 9.59 Å². The number of benzene rings is 3. The molecule has 2 amide bonds. The number of nitrogens with zero attached hydrogens (tertiary/aromatic N) is 1. The van der Waals surface area contributed by atoms with E-state index in [1.54, 1.807) is 25.1 Å². The van der Waals surface area contributed by atoms with Gasteiger partial charge in [0.25, 0.3) is 11.8 Å². The van der Waals surface area contributed by atoms with Crippen molar-refractivity contribution in [1.29, 1.82) is 0 Å². The minimum atomic E-state index is -0.617. The summed E-state index contributed by atoms with van der Waals surface area (Å²) < 4.78 is 27.1. The number of hydrogen-bond acceptors (Lipinski definition) is 3. The zero-order valence-corrected chi connectivity index (χ0v) is 16.5. The van der Waals surface area contributed by atoms with Crippen molar-refractivity contribution in [2.75, 3.05) is 10.2 Å². The van der Waals surface area contributed by atoms with E-state index in [9.17, 15) is 18.4 Å². The van der Waals surface area contributed by atoms with Crippen molar-refractivity contribution in [1.82, 2.24) is 0 Å². The summed E-state index contributed by atoms with van der Waals surface area (Å²) >= 11 is 6.08. The molecule has 1 aliphatic rings. The molecule has 0 bridgehead atoms. The Balaban J connectivity index is 1.86. The lowest BCUT2D eigenvalue weighted by atomic mass is 10.0. The average Bonchev–Trinajstić information content (AvgIpc) is 2.94. The third-order valence-electron chi connectivity index (χ3n) is 4.72. The van der Waals surface area contributed by atoms with Crippen LogP contribution in [0.1, 0.15) is 11.1 Å². The number of nitrogens with one attached hydrogen (secondary N) is 1. The number of amides is 2. The number of anilines is 2. The van der Waals surface area contributed by atoms with Gasteiger partial charge in [0.2, 0.25) is 0 Å². The third-order valence-corrected chi connectivity index (χ3v) is 4.96. The summed E-state index contributed by atoms with van der Waals surface area (Å²) in [7, 11) is 0. The van der Waals surface area contributed by atoms with Crippen LogP contribution < -0.4 is 10.2 Å². The van der Waals surface area contributed by atoms with Gasteiger partial charge in [-0.1, -0.05) is 35.9 Å². The standard InChI is InChI=1S/C23H15ClF2N2O2/c1-13-5-8-15(24)11-19(13)28-22(29)20(14-6-9-16(25)10-7-14)21(23(28)30)27-18-4-2-3-17(26)12-18/h2-12,27H,1H3. The highest BCUT2D eigenvalue weighted by Crippen LogP contribution is 2.36. The van der Waals surface area contributed by atoms with Crippen LogP contribution in [0, 0.1) is 18.6 Å². The van der Waals surface area contributed by atoms with Gasteiger partial charge in [0.05, 0.1) is 11.3 Å². The molecule has 1 N–H and O–H groups in total. The van der Waals surface area contributed by atoms with Gasteiger partial charge in [-0.05, 0) is 60.5 Å². The largest absolute Gasteiger partial charge is 0.350 e. The summed E-state index contributed by atoms with van der Waals surface area (Å²) in [5.74, 6) is -2.17. The van der Waals surface area contributed by atoms with Crippen LogP contribution in [0.2, 0.25) is 5.02 Å². The summed E-state index contributed by atoms with van der Waals surface area (Å²) in [6.45, 7) is 1.75. The SMILES string of the molecule is Cc1ccc(Cl)cc1N1C(=O)C(Nc2cccc(F)c2)=C(c2ccc(F)cc2)C1=O. The van der Waals surface area contributed by atoms with E-state index in [0.29, 0.717) is 27.5 Å². The molecule has 1 heterocycles. The van der Waals surface area contributed by atoms with E-state index in [2.05, 4.69) is 5.32 Å². The fourth-order valence-electron chi connectivity index (χ4n) is 3.28. The molecule has 0 radical (unpaired) electrons. The number of hydrogen-bond donors (Lipinski definition) is 1. The summed E-state index contributed by atoms with van der Waals surface area (Å²) in [6, 6.07) is 15.7. The van der Waals surface area contributed by atoms with Crippen LogP contribution in [0.15, 0.2) is 72.4 Å². The van der Waals surface area contributed by atoms with Gasteiger partial charge in [0, 0.05) is 10.7 Å². The minimum Gasteiger partial charge on any atom is -0.350 e. The Labute approximate surface area is 176 Å². The molecule has 0 fully saturated rings. The number of rotatable bonds is 4. The predicted molar refractivity (Wildman–Crippen MR) is 112 cm³/mol. The first-order valence-electron chi connectivity index (χ1n) is 9.03. The maximum Gasteiger partial charge on any atom is 0.282 e. The van der Waals surface area contributed by atoms with Crippen LogP contribution in [0.3, 0.4) is 0 Å². The van der Waals surface area contributed by atoms with Crippen LogP contribution in [0.25, 0.3) is 5.57 Å². The van der Waals surface area contributed by atoms with Crippen LogP contribution in [0.5, 0.6) is 0 Å². The molecule has 30 heavy (non-hydrogen) atoms. The Bertz CT molecular complexity index is 1210. The lowest BCUT2D eigenvalue weighted by Gasteiger charge is -2.18. The molecule has 7 heteroatoms. The summed E-state index contributed by atoms with van der Waals surface area (Å²) in [4.78, 5) is 27.6. The molecule has 3 aromatic rings.